The van der Waals surface area contributed by atoms with Crippen LogP contribution in [-0.2, 0) is 0 Å². The van der Waals surface area contributed by atoms with Crippen molar-refractivity contribution in [3.63, 3.8) is 0 Å². The lowest BCUT2D eigenvalue weighted by atomic mass is 9.82. The third-order valence-corrected chi connectivity index (χ3v) is 6.67. The highest BCUT2D eigenvalue weighted by atomic mass is 14.8. The lowest BCUT2D eigenvalue weighted by Gasteiger charge is -2.29. The van der Waals surface area contributed by atoms with E-state index in [1.807, 2.05) is 0 Å². The van der Waals surface area contributed by atoms with Gasteiger partial charge in [-0.2, -0.15) is 0 Å². The molecule has 1 aliphatic heterocycles. The molecule has 21 heavy (non-hydrogen) atoms. The van der Waals surface area contributed by atoms with Gasteiger partial charge in [0.25, 0.3) is 0 Å². The SMILES string of the molecule is C1=C(C2CCCC2)CC(C2CCCC2)=NC1C1CCCC1. The van der Waals surface area contributed by atoms with Gasteiger partial charge < -0.3 is 0 Å². The van der Waals surface area contributed by atoms with Gasteiger partial charge in [0, 0.05) is 12.1 Å². The Hall–Kier alpha value is -0.590. The van der Waals surface area contributed by atoms with Crippen LogP contribution in [0.1, 0.15) is 83.5 Å². The summed E-state index contributed by atoms with van der Waals surface area (Å²) in [5, 5.41) is 0. The molecule has 4 aliphatic rings. The monoisotopic (exact) mass is 285 g/mol. The molecule has 0 spiro atoms. The summed E-state index contributed by atoms with van der Waals surface area (Å²) in [5.41, 5.74) is 3.43. The van der Waals surface area contributed by atoms with Gasteiger partial charge in [0.15, 0.2) is 0 Å². The van der Waals surface area contributed by atoms with Crippen molar-refractivity contribution in [2.45, 2.75) is 89.5 Å². The van der Waals surface area contributed by atoms with Gasteiger partial charge in [0.1, 0.15) is 0 Å². The maximum absolute atomic E-state index is 5.31. The second kappa shape index (κ2) is 6.26. The zero-order valence-electron chi connectivity index (χ0n) is 13.5. The fraction of sp³-hybridized carbons (Fsp3) is 0.850. The van der Waals surface area contributed by atoms with Crippen molar-refractivity contribution < 1.29 is 0 Å². The van der Waals surface area contributed by atoms with Gasteiger partial charge in [-0.3, -0.25) is 4.99 Å². The molecule has 0 N–H and O–H groups in total. The maximum Gasteiger partial charge on any atom is 0.0710 e. The molecule has 0 amide bonds. The first-order chi connectivity index (χ1) is 10.4. The van der Waals surface area contributed by atoms with Gasteiger partial charge in [-0.25, -0.2) is 0 Å². The molecule has 0 aromatic heterocycles. The van der Waals surface area contributed by atoms with E-state index in [4.69, 9.17) is 4.99 Å². The van der Waals surface area contributed by atoms with Gasteiger partial charge in [-0.05, 0) is 56.3 Å². The third-order valence-electron chi connectivity index (χ3n) is 6.67. The molecule has 0 radical (unpaired) electrons. The number of rotatable bonds is 3. The smallest absolute Gasteiger partial charge is 0.0710 e. The van der Waals surface area contributed by atoms with Crippen molar-refractivity contribution in [1.82, 2.24) is 0 Å². The molecule has 0 saturated heterocycles. The molecule has 0 aromatic rings. The van der Waals surface area contributed by atoms with E-state index in [9.17, 15) is 0 Å². The van der Waals surface area contributed by atoms with E-state index in [1.165, 1.54) is 83.5 Å². The van der Waals surface area contributed by atoms with Crippen LogP contribution in [-0.4, -0.2) is 11.8 Å². The summed E-state index contributed by atoms with van der Waals surface area (Å²) >= 11 is 0. The highest BCUT2D eigenvalue weighted by Crippen LogP contribution is 2.40. The largest absolute Gasteiger partial charge is 0.286 e. The van der Waals surface area contributed by atoms with Crippen LogP contribution in [0, 0.1) is 17.8 Å². The fourth-order valence-electron chi connectivity index (χ4n) is 5.39. The van der Waals surface area contributed by atoms with E-state index >= 15 is 0 Å². The summed E-state index contributed by atoms with van der Waals surface area (Å²) in [7, 11) is 0. The molecule has 3 fully saturated rings. The summed E-state index contributed by atoms with van der Waals surface area (Å²) in [5.74, 6) is 2.64. The average Bonchev–Trinajstić information content (AvgIpc) is 3.29. The van der Waals surface area contributed by atoms with Gasteiger partial charge >= 0.3 is 0 Å². The highest BCUT2D eigenvalue weighted by Gasteiger charge is 2.32. The van der Waals surface area contributed by atoms with Crippen molar-refractivity contribution in [3.8, 4) is 0 Å². The zero-order chi connectivity index (χ0) is 14.1. The summed E-state index contributed by atoms with van der Waals surface area (Å²) in [6, 6.07) is 0.562. The highest BCUT2D eigenvalue weighted by molar-refractivity contribution is 5.90. The van der Waals surface area contributed by atoms with Crippen molar-refractivity contribution >= 4 is 5.71 Å². The number of aliphatic imine (C=N–C) groups is 1. The number of allylic oxidation sites excluding steroid dienone is 1. The standard InChI is InChI=1S/C20H31N/c1-2-8-15(7-1)18-13-19(16-9-3-4-10-16)21-20(14-18)17-11-5-6-12-17/h13,15-17,19H,1-12,14H2. The van der Waals surface area contributed by atoms with E-state index in [1.54, 1.807) is 11.3 Å². The topological polar surface area (TPSA) is 12.4 Å². The van der Waals surface area contributed by atoms with Crippen LogP contribution in [0.25, 0.3) is 0 Å². The normalized spacial score (nSPS) is 32.7. The van der Waals surface area contributed by atoms with Crippen LogP contribution < -0.4 is 0 Å². The van der Waals surface area contributed by atoms with E-state index in [0.717, 1.165) is 17.8 Å². The van der Waals surface area contributed by atoms with Crippen molar-refractivity contribution in [2.75, 3.05) is 0 Å². The average molecular weight is 285 g/mol. The Morgan fingerprint density at radius 3 is 1.95 bits per heavy atom. The molecule has 0 aromatic carbocycles. The van der Waals surface area contributed by atoms with E-state index < -0.39 is 0 Å². The van der Waals surface area contributed by atoms with Crippen LogP contribution in [0.5, 0.6) is 0 Å². The minimum Gasteiger partial charge on any atom is -0.286 e. The molecule has 1 nitrogen and oxygen atoms in total. The second-order valence-corrected chi connectivity index (χ2v) is 8.04. The minimum absolute atomic E-state index is 0.562. The maximum atomic E-state index is 5.31. The van der Waals surface area contributed by atoms with Crippen molar-refractivity contribution in [2.24, 2.45) is 22.7 Å². The molecule has 3 aliphatic carbocycles. The Morgan fingerprint density at radius 1 is 0.714 bits per heavy atom. The van der Waals surface area contributed by atoms with E-state index in [0.29, 0.717) is 6.04 Å². The van der Waals surface area contributed by atoms with Crippen LogP contribution >= 0.6 is 0 Å². The minimum atomic E-state index is 0.562. The fourth-order valence-corrected chi connectivity index (χ4v) is 5.39. The molecular formula is C20H31N. The first kappa shape index (κ1) is 14.0. The molecule has 3 saturated carbocycles. The lowest BCUT2D eigenvalue weighted by molar-refractivity contribution is 0.474. The number of nitrogens with zero attached hydrogens (tertiary/aromatic N) is 1. The van der Waals surface area contributed by atoms with Gasteiger partial charge in [0.2, 0.25) is 0 Å². The lowest BCUT2D eigenvalue weighted by Crippen LogP contribution is -2.26. The van der Waals surface area contributed by atoms with Crippen molar-refractivity contribution in [3.05, 3.63) is 11.6 Å². The number of hydrogen-bond acceptors (Lipinski definition) is 1. The Balaban J connectivity index is 1.56. The van der Waals surface area contributed by atoms with Crippen LogP contribution in [0.4, 0.5) is 0 Å². The zero-order valence-corrected chi connectivity index (χ0v) is 13.5. The van der Waals surface area contributed by atoms with Crippen LogP contribution in [0.2, 0.25) is 0 Å². The van der Waals surface area contributed by atoms with E-state index in [2.05, 4.69) is 6.08 Å². The first-order valence-corrected chi connectivity index (χ1v) is 9.67. The van der Waals surface area contributed by atoms with E-state index in [-0.39, 0.29) is 0 Å². The summed E-state index contributed by atoms with van der Waals surface area (Å²) in [4.78, 5) is 5.31. The molecule has 1 heterocycles. The van der Waals surface area contributed by atoms with Gasteiger partial charge in [-0.1, -0.05) is 50.2 Å². The van der Waals surface area contributed by atoms with Gasteiger partial charge in [-0.15, -0.1) is 0 Å². The molecule has 0 bridgehead atoms. The Kier molecular flexibility index (Phi) is 4.18. The Morgan fingerprint density at radius 2 is 1.29 bits per heavy atom. The number of hydrogen-bond donors (Lipinski definition) is 0. The summed E-state index contributed by atoms with van der Waals surface area (Å²) < 4.78 is 0. The first-order valence-electron chi connectivity index (χ1n) is 9.67. The van der Waals surface area contributed by atoms with Crippen LogP contribution in [0.15, 0.2) is 16.6 Å². The summed E-state index contributed by atoms with van der Waals surface area (Å²) in [6.07, 6.45) is 21.2. The predicted octanol–water partition coefficient (Wildman–Crippen LogP) is 5.70. The Labute approximate surface area is 130 Å². The molecular weight excluding hydrogens is 254 g/mol. The quantitative estimate of drug-likeness (QED) is 0.590. The summed E-state index contributed by atoms with van der Waals surface area (Å²) in [6.45, 7) is 0. The molecule has 1 unspecified atom stereocenters. The number of dihydropyridines is 1. The molecule has 1 atom stereocenters. The van der Waals surface area contributed by atoms with Crippen molar-refractivity contribution in [1.29, 1.82) is 0 Å². The Bertz CT molecular complexity index is 383. The van der Waals surface area contributed by atoms with Gasteiger partial charge in [0.05, 0.1) is 6.04 Å². The predicted molar refractivity (Wildman–Crippen MR) is 89.8 cm³/mol. The second-order valence-electron chi connectivity index (χ2n) is 8.04. The molecule has 116 valence electrons. The third kappa shape index (κ3) is 2.98. The van der Waals surface area contributed by atoms with Crippen LogP contribution in [0.3, 0.4) is 0 Å². The molecule has 1 heteroatoms. The molecule has 4 rings (SSSR count).